The minimum Gasteiger partial charge on any atom is -0.397 e. The maximum atomic E-state index is 10.6. The topological polar surface area (TPSA) is 147 Å². The van der Waals surface area contributed by atoms with Crippen LogP contribution in [-0.2, 0) is 4.79 Å². The van der Waals surface area contributed by atoms with Gasteiger partial charge >= 0.3 is 0 Å². The summed E-state index contributed by atoms with van der Waals surface area (Å²) < 4.78 is 0. The van der Waals surface area contributed by atoms with Crippen LogP contribution in [0.1, 0.15) is 17.2 Å². The molecule has 16 heavy (non-hydrogen) atoms. The molecule has 0 saturated heterocycles. The third kappa shape index (κ3) is 1.93. The average molecular weight is 223 g/mol. The quantitative estimate of drug-likeness (QED) is 0.337. The first kappa shape index (κ1) is 12.3. The summed E-state index contributed by atoms with van der Waals surface area (Å²) in [5.41, 5.74) is 30.9. The molecular formula is C10H17N5O. The largest absolute Gasteiger partial charge is 0.397 e. The van der Waals surface area contributed by atoms with E-state index in [1.165, 1.54) is 0 Å². The molecule has 0 aliphatic carbocycles. The van der Waals surface area contributed by atoms with Crippen molar-refractivity contribution in [2.75, 3.05) is 17.2 Å². The number of anilines is 3. The molecule has 1 aromatic carbocycles. The van der Waals surface area contributed by atoms with Gasteiger partial charge in [-0.3, -0.25) is 0 Å². The highest BCUT2D eigenvalue weighted by Crippen LogP contribution is 2.33. The summed E-state index contributed by atoms with van der Waals surface area (Å²) in [4.78, 5) is 10.6. The predicted molar refractivity (Wildman–Crippen MR) is 65.4 cm³/mol. The van der Waals surface area contributed by atoms with E-state index in [-0.39, 0.29) is 5.69 Å². The van der Waals surface area contributed by atoms with Crippen molar-refractivity contribution in [1.29, 1.82) is 0 Å². The van der Waals surface area contributed by atoms with Crippen molar-refractivity contribution in [2.45, 2.75) is 19.0 Å². The molecule has 0 aliphatic rings. The van der Waals surface area contributed by atoms with Crippen LogP contribution < -0.4 is 28.7 Å². The molecule has 0 aromatic heterocycles. The van der Waals surface area contributed by atoms with Crippen molar-refractivity contribution in [3.63, 3.8) is 0 Å². The molecule has 0 spiro atoms. The maximum absolute atomic E-state index is 10.6. The number of aryl methyl sites for hydroxylation is 1. The number of rotatable bonds is 3. The van der Waals surface area contributed by atoms with Gasteiger partial charge in [0.1, 0.15) is 6.29 Å². The lowest BCUT2D eigenvalue weighted by Crippen LogP contribution is -2.36. The molecule has 0 fully saturated rings. The smallest absolute Gasteiger partial charge is 0.138 e. The van der Waals surface area contributed by atoms with Crippen molar-refractivity contribution < 1.29 is 4.79 Å². The molecule has 6 heteroatoms. The SMILES string of the molecule is Cc1cc(N)c(N)c(N)c1C(N)C(N)C=O. The second-order valence-electron chi connectivity index (χ2n) is 3.76. The van der Waals surface area contributed by atoms with E-state index in [0.29, 0.717) is 23.2 Å². The van der Waals surface area contributed by atoms with Crippen LogP contribution in [0.15, 0.2) is 6.07 Å². The second kappa shape index (κ2) is 4.38. The Kier molecular flexibility index (Phi) is 3.36. The number of nitrogen functional groups attached to an aromatic ring is 3. The summed E-state index contributed by atoms with van der Waals surface area (Å²) in [5.74, 6) is 0. The molecule has 1 aromatic rings. The molecular weight excluding hydrogens is 206 g/mol. The van der Waals surface area contributed by atoms with Crippen LogP contribution >= 0.6 is 0 Å². The zero-order valence-corrected chi connectivity index (χ0v) is 9.10. The Balaban J connectivity index is 3.33. The number of benzene rings is 1. The van der Waals surface area contributed by atoms with Crippen molar-refractivity contribution >= 4 is 23.3 Å². The highest BCUT2D eigenvalue weighted by molar-refractivity contribution is 5.82. The third-order valence-corrected chi connectivity index (χ3v) is 2.59. The highest BCUT2D eigenvalue weighted by atomic mass is 16.1. The predicted octanol–water partition coefficient (Wildman–Crippen LogP) is -0.732. The Bertz CT molecular complexity index is 418. The van der Waals surface area contributed by atoms with E-state index < -0.39 is 12.1 Å². The van der Waals surface area contributed by atoms with Crippen LogP contribution in [0.3, 0.4) is 0 Å². The van der Waals surface area contributed by atoms with Crippen LogP contribution in [0.2, 0.25) is 0 Å². The monoisotopic (exact) mass is 223 g/mol. The van der Waals surface area contributed by atoms with Gasteiger partial charge in [0.15, 0.2) is 0 Å². The summed E-state index contributed by atoms with van der Waals surface area (Å²) in [6, 6.07) is 0.169. The number of hydrogen-bond donors (Lipinski definition) is 5. The maximum Gasteiger partial charge on any atom is 0.138 e. The number of aldehydes is 1. The number of nitrogens with two attached hydrogens (primary N) is 5. The normalized spacial score (nSPS) is 14.4. The molecule has 88 valence electrons. The minimum atomic E-state index is -0.816. The molecule has 0 aliphatic heterocycles. The molecule has 1 rings (SSSR count). The molecule has 0 heterocycles. The van der Waals surface area contributed by atoms with Crippen LogP contribution in [0.5, 0.6) is 0 Å². The van der Waals surface area contributed by atoms with Gasteiger partial charge in [-0.15, -0.1) is 0 Å². The molecule has 2 unspecified atom stereocenters. The molecule has 0 bridgehead atoms. The van der Waals surface area contributed by atoms with Crippen molar-refractivity contribution in [1.82, 2.24) is 0 Å². The fourth-order valence-corrected chi connectivity index (χ4v) is 1.62. The first-order valence-electron chi connectivity index (χ1n) is 4.80. The molecule has 0 saturated carbocycles. The highest BCUT2D eigenvalue weighted by Gasteiger charge is 2.21. The van der Waals surface area contributed by atoms with Gasteiger partial charge < -0.3 is 33.5 Å². The lowest BCUT2D eigenvalue weighted by Gasteiger charge is -2.21. The molecule has 0 amide bonds. The van der Waals surface area contributed by atoms with E-state index in [2.05, 4.69) is 0 Å². The fourth-order valence-electron chi connectivity index (χ4n) is 1.62. The fraction of sp³-hybridized carbons (Fsp3) is 0.300. The average Bonchev–Trinajstić information content (AvgIpc) is 2.24. The van der Waals surface area contributed by atoms with Gasteiger partial charge in [-0.05, 0) is 24.1 Å². The Labute approximate surface area is 93.8 Å². The van der Waals surface area contributed by atoms with Crippen molar-refractivity contribution in [2.24, 2.45) is 11.5 Å². The standard InChI is InChI=1S/C10H17N5O/c1-4-2-5(11)9(14)10(15)7(4)8(13)6(12)3-16/h2-3,6,8H,11-15H2,1H3. The molecule has 6 nitrogen and oxygen atoms in total. The van der Waals surface area contributed by atoms with Crippen molar-refractivity contribution in [3.05, 3.63) is 17.2 Å². The lowest BCUT2D eigenvalue weighted by atomic mass is 9.94. The second-order valence-corrected chi connectivity index (χ2v) is 3.76. The number of carbonyl (C=O) groups is 1. The summed E-state index contributed by atoms with van der Waals surface area (Å²) in [5, 5.41) is 0. The Morgan fingerprint density at radius 1 is 1.19 bits per heavy atom. The first-order chi connectivity index (χ1) is 7.40. The Morgan fingerprint density at radius 3 is 2.25 bits per heavy atom. The molecule has 0 radical (unpaired) electrons. The Hall–Kier alpha value is -1.79. The molecule has 2 atom stereocenters. The van der Waals surface area contributed by atoms with Gasteiger partial charge in [0.2, 0.25) is 0 Å². The molecule has 10 N–H and O–H groups in total. The van der Waals surface area contributed by atoms with Crippen LogP contribution in [0.4, 0.5) is 17.1 Å². The summed E-state index contributed by atoms with van der Waals surface area (Å²) in [6.45, 7) is 1.79. The summed E-state index contributed by atoms with van der Waals surface area (Å²) in [6.07, 6.45) is 0.579. The van der Waals surface area contributed by atoms with Gasteiger partial charge in [-0.25, -0.2) is 0 Å². The minimum absolute atomic E-state index is 0.272. The lowest BCUT2D eigenvalue weighted by molar-refractivity contribution is -0.109. The van der Waals surface area contributed by atoms with Crippen LogP contribution in [-0.4, -0.2) is 12.3 Å². The zero-order valence-electron chi connectivity index (χ0n) is 9.10. The first-order valence-corrected chi connectivity index (χ1v) is 4.80. The van der Waals surface area contributed by atoms with E-state index in [1.54, 1.807) is 13.0 Å². The van der Waals surface area contributed by atoms with Gasteiger partial charge in [0.25, 0.3) is 0 Å². The number of carbonyl (C=O) groups excluding carboxylic acids is 1. The third-order valence-electron chi connectivity index (χ3n) is 2.59. The summed E-state index contributed by atoms with van der Waals surface area (Å²) >= 11 is 0. The van der Waals surface area contributed by atoms with Crippen molar-refractivity contribution in [3.8, 4) is 0 Å². The van der Waals surface area contributed by atoms with E-state index in [9.17, 15) is 4.79 Å². The Morgan fingerprint density at radius 2 is 1.75 bits per heavy atom. The number of hydrogen-bond acceptors (Lipinski definition) is 6. The van der Waals surface area contributed by atoms with Gasteiger partial charge in [0.05, 0.1) is 29.1 Å². The summed E-state index contributed by atoms with van der Waals surface area (Å²) in [7, 11) is 0. The van der Waals surface area contributed by atoms with Gasteiger partial charge in [0, 0.05) is 0 Å². The van der Waals surface area contributed by atoms with E-state index in [4.69, 9.17) is 28.7 Å². The van der Waals surface area contributed by atoms with E-state index >= 15 is 0 Å². The van der Waals surface area contributed by atoms with Gasteiger partial charge in [-0.2, -0.15) is 0 Å². The van der Waals surface area contributed by atoms with Gasteiger partial charge in [-0.1, -0.05) is 0 Å². The van der Waals surface area contributed by atoms with Crippen LogP contribution in [0.25, 0.3) is 0 Å². The van der Waals surface area contributed by atoms with E-state index in [0.717, 1.165) is 5.56 Å². The zero-order chi connectivity index (χ0) is 12.5. The van der Waals surface area contributed by atoms with Crippen LogP contribution in [0, 0.1) is 6.92 Å². The van der Waals surface area contributed by atoms with E-state index in [1.807, 2.05) is 0 Å².